The van der Waals surface area contributed by atoms with Gasteiger partial charge in [-0.3, -0.25) is 0 Å². The maximum atomic E-state index is 10.4. The molecule has 1 saturated heterocycles. The van der Waals surface area contributed by atoms with E-state index in [2.05, 4.69) is 14.9 Å². The summed E-state index contributed by atoms with van der Waals surface area (Å²) in [5.74, 6) is 1.71. The van der Waals surface area contributed by atoms with Crippen molar-refractivity contribution in [1.82, 2.24) is 15.0 Å². The maximum absolute atomic E-state index is 10.4. The molecule has 154 valence electrons. The fraction of sp³-hybridized carbons (Fsp3) is 0.375. The predicted molar refractivity (Wildman–Crippen MR) is 119 cm³/mol. The summed E-state index contributed by atoms with van der Waals surface area (Å²) in [6.45, 7) is 3.91. The first-order valence-electron chi connectivity index (χ1n) is 10.8. The molecule has 2 fully saturated rings. The van der Waals surface area contributed by atoms with Crippen LogP contribution in [0.25, 0.3) is 33.4 Å². The summed E-state index contributed by atoms with van der Waals surface area (Å²) < 4.78 is 5.58. The molecule has 1 aliphatic carbocycles. The van der Waals surface area contributed by atoms with Gasteiger partial charge in [0.1, 0.15) is 17.1 Å². The minimum absolute atomic E-state index is 0.138. The zero-order chi connectivity index (χ0) is 20.5. The van der Waals surface area contributed by atoms with Crippen LogP contribution in [-0.4, -0.2) is 33.1 Å². The van der Waals surface area contributed by atoms with Crippen molar-refractivity contribution in [2.24, 2.45) is 0 Å². The fourth-order valence-electron chi connectivity index (χ4n) is 3.80. The Morgan fingerprint density at radius 1 is 0.800 bits per heavy atom. The minimum Gasteiger partial charge on any atom is -0.507 e. The molecule has 0 amide bonds. The van der Waals surface area contributed by atoms with Crippen LogP contribution in [0.5, 0.6) is 5.75 Å². The molecule has 6 heteroatoms. The first kappa shape index (κ1) is 18.9. The van der Waals surface area contributed by atoms with Gasteiger partial charge in [0.05, 0.1) is 16.7 Å². The van der Waals surface area contributed by atoms with Crippen molar-refractivity contribution in [2.75, 3.05) is 18.0 Å². The molecule has 1 aromatic carbocycles. The van der Waals surface area contributed by atoms with Gasteiger partial charge in [-0.1, -0.05) is 25.7 Å². The van der Waals surface area contributed by atoms with Crippen molar-refractivity contribution < 1.29 is 9.52 Å². The van der Waals surface area contributed by atoms with E-state index in [4.69, 9.17) is 9.40 Å². The molecule has 2 aliphatic rings. The molecular formula is C24H26N4O2. The number of nitrogens with zero attached hydrogens (tertiary/aromatic N) is 4. The van der Waals surface area contributed by atoms with Crippen LogP contribution in [0.1, 0.15) is 44.4 Å². The van der Waals surface area contributed by atoms with Crippen LogP contribution in [0, 0.1) is 6.92 Å². The molecule has 0 unspecified atom stereocenters. The average molecular weight is 402 g/mol. The van der Waals surface area contributed by atoms with E-state index in [0.29, 0.717) is 28.2 Å². The van der Waals surface area contributed by atoms with Gasteiger partial charge in [-0.15, -0.1) is 0 Å². The van der Waals surface area contributed by atoms with E-state index in [1.807, 2.05) is 24.3 Å². The van der Waals surface area contributed by atoms with Crippen LogP contribution in [0.4, 0.5) is 5.82 Å². The number of phenols is 1. The predicted octanol–water partition coefficient (Wildman–Crippen LogP) is 5.61. The first-order valence-corrected chi connectivity index (χ1v) is 10.8. The Morgan fingerprint density at radius 3 is 2.23 bits per heavy atom. The largest absolute Gasteiger partial charge is 0.507 e. The smallest absolute Gasteiger partial charge is 0.192 e. The highest BCUT2D eigenvalue weighted by Gasteiger charge is 2.15. The molecule has 1 saturated carbocycles. The lowest BCUT2D eigenvalue weighted by Gasteiger charge is -2.16. The van der Waals surface area contributed by atoms with E-state index in [9.17, 15) is 5.11 Å². The molecule has 4 heterocycles. The zero-order valence-electron chi connectivity index (χ0n) is 17.3. The number of phenolic OH excluding ortho intramolecular Hbond substituents is 1. The lowest BCUT2D eigenvalue weighted by atomic mass is 10.0. The van der Waals surface area contributed by atoms with E-state index < -0.39 is 0 Å². The summed E-state index contributed by atoms with van der Waals surface area (Å²) in [5, 5.41) is 10.4. The molecule has 0 bridgehead atoms. The third-order valence-electron chi connectivity index (χ3n) is 5.85. The topological polar surface area (TPSA) is 75.3 Å². The van der Waals surface area contributed by atoms with E-state index in [-0.39, 0.29) is 5.75 Å². The molecule has 3 aromatic heterocycles. The lowest BCUT2D eigenvalue weighted by Crippen LogP contribution is -2.18. The SMILES string of the molecule is C1CCC1.Cc1nc2cc(O)c(-c3ccc4nc(N5CCCC5)ccc4n3)cc2o1. The van der Waals surface area contributed by atoms with Crippen LogP contribution < -0.4 is 4.90 Å². The van der Waals surface area contributed by atoms with Gasteiger partial charge in [-0.25, -0.2) is 15.0 Å². The summed E-state index contributed by atoms with van der Waals surface area (Å²) in [5.41, 5.74) is 4.25. The van der Waals surface area contributed by atoms with E-state index in [1.165, 1.54) is 38.5 Å². The van der Waals surface area contributed by atoms with Crippen molar-refractivity contribution in [1.29, 1.82) is 0 Å². The molecule has 1 aliphatic heterocycles. The number of aromatic nitrogens is 3. The quantitative estimate of drug-likeness (QED) is 0.469. The molecule has 0 atom stereocenters. The molecule has 1 N–H and O–H groups in total. The number of hydrogen-bond acceptors (Lipinski definition) is 6. The number of oxazole rings is 1. The van der Waals surface area contributed by atoms with Gasteiger partial charge in [-0.05, 0) is 43.2 Å². The fourth-order valence-corrected chi connectivity index (χ4v) is 3.80. The Hall–Kier alpha value is -3.15. The van der Waals surface area contributed by atoms with Crippen molar-refractivity contribution in [3.8, 4) is 17.0 Å². The molecule has 30 heavy (non-hydrogen) atoms. The molecule has 6 nitrogen and oxygen atoms in total. The minimum atomic E-state index is 0.138. The van der Waals surface area contributed by atoms with Gasteiger partial charge in [0, 0.05) is 31.6 Å². The summed E-state index contributed by atoms with van der Waals surface area (Å²) in [7, 11) is 0. The maximum Gasteiger partial charge on any atom is 0.192 e. The van der Waals surface area contributed by atoms with Gasteiger partial charge in [0.25, 0.3) is 0 Å². The average Bonchev–Trinajstić information content (AvgIpc) is 3.34. The van der Waals surface area contributed by atoms with Crippen molar-refractivity contribution in [2.45, 2.75) is 45.4 Å². The van der Waals surface area contributed by atoms with Gasteiger partial charge >= 0.3 is 0 Å². The van der Waals surface area contributed by atoms with Crippen molar-refractivity contribution >= 4 is 28.0 Å². The van der Waals surface area contributed by atoms with Gasteiger partial charge in [0.15, 0.2) is 11.5 Å². The van der Waals surface area contributed by atoms with Crippen molar-refractivity contribution in [3.05, 3.63) is 42.3 Å². The summed E-state index contributed by atoms with van der Waals surface area (Å²) >= 11 is 0. The normalized spacial score (nSPS) is 15.8. The number of hydrogen-bond donors (Lipinski definition) is 1. The Labute approximate surface area is 175 Å². The number of aromatic hydroxyl groups is 1. The number of anilines is 1. The van der Waals surface area contributed by atoms with Crippen LogP contribution in [0.3, 0.4) is 0 Å². The molecule has 4 aromatic rings. The van der Waals surface area contributed by atoms with Gasteiger partial charge in [0.2, 0.25) is 0 Å². The van der Waals surface area contributed by atoms with E-state index >= 15 is 0 Å². The Kier molecular flexibility index (Phi) is 4.99. The number of aryl methyl sites for hydroxylation is 1. The zero-order valence-corrected chi connectivity index (χ0v) is 17.3. The summed E-state index contributed by atoms with van der Waals surface area (Å²) in [6, 6.07) is 11.2. The number of fused-ring (bicyclic) bond motifs is 2. The number of benzene rings is 1. The Bertz CT molecular complexity index is 1190. The van der Waals surface area contributed by atoms with Crippen LogP contribution in [0.15, 0.2) is 40.8 Å². The van der Waals surface area contributed by atoms with Crippen LogP contribution >= 0.6 is 0 Å². The number of pyridine rings is 2. The third kappa shape index (κ3) is 3.70. The van der Waals surface area contributed by atoms with E-state index in [0.717, 1.165) is 29.9 Å². The Morgan fingerprint density at radius 2 is 1.50 bits per heavy atom. The second-order valence-corrected chi connectivity index (χ2v) is 8.08. The van der Waals surface area contributed by atoms with Gasteiger partial charge in [-0.2, -0.15) is 0 Å². The van der Waals surface area contributed by atoms with Crippen LogP contribution in [-0.2, 0) is 0 Å². The second kappa shape index (κ2) is 7.94. The summed E-state index contributed by atoms with van der Waals surface area (Å²) in [4.78, 5) is 16.0. The molecular weight excluding hydrogens is 376 g/mol. The molecule has 0 radical (unpaired) electrons. The Balaban J connectivity index is 0.000000434. The second-order valence-electron chi connectivity index (χ2n) is 8.08. The van der Waals surface area contributed by atoms with Crippen molar-refractivity contribution in [3.63, 3.8) is 0 Å². The standard InChI is InChI=1S/C20H18N4O2.C4H8/c1-12-21-17-11-18(25)13(10-19(17)26-12)14-4-5-16-15(22-14)6-7-20(23-16)24-8-2-3-9-24;1-2-4-3-1/h4-7,10-11,25H,2-3,8-9H2,1H3;1-4H2. The molecule has 6 rings (SSSR count). The van der Waals surface area contributed by atoms with E-state index in [1.54, 1.807) is 19.1 Å². The molecule has 0 spiro atoms. The highest BCUT2D eigenvalue weighted by molar-refractivity contribution is 5.86. The monoisotopic (exact) mass is 402 g/mol. The van der Waals surface area contributed by atoms with Gasteiger partial charge < -0.3 is 14.4 Å². The van der Waals surface area contributed by atoms with Crippen LogP contribution in [0.2, 0.25) is 0 Å². The summed E-state index contributed by atoms with van der Waals surface area (Å²) in [6.07, 6.45) is 8.44. The lowest BCUT2D eigenvalue weighted by molar-refractivity contribution is 0.477. The number of rotatable bonds is 2. The first-order chi connectivity index (χ1) is 14.7. The third-order valence-corrected chi connectivity index (χ3v) is 5.85. The highest BCUT2D eigenvalue weighted by Crippen LogP contribution is 2.33. The highest BCUT2D eigenvalue weighted by atomic mass is 16.3.